The van der Waals surface area contributed by atoms with Crippen LogP contribution in [0.5, 0.6) is 0 Å². The van der Waals surface area contributed by atoms with E-state index in [-0.39, 0.29) is 22.6 Å². The first-order valence-corrected chi connectivity index (χ1v) is 6.15. The number of halogens is 2. The van der Waals surface area contributed by atoms with Crippen LogP contribution in [0.1, 0.15) is 12.5 Å². The summed E-state index contributed by atoms with van der Waals surface area (Å²) in [7, 11) is 0. The average Bonchev–Trinajstić information content (AvgIpc) is 2.45. The van der Waals surface area contributed by atoms with Gasteiger partial charge in [-0.1, -0.05) is 6.07 Å². The highest BCUT2D eigenvalue weighted by Gasteiger charge is 2.26. The van der Waals surface area contributed by atoms with Gasteiger partial charge in [0.15, 0.2) is 17.3 Å². The molecule has 0 bridgehead atoms. The van der Waals surface area contributed by atoms with Crippen molar-refractivity contribution in [3.05, 3.63) is 45.8 Å². The van der Waals surface area contributed by atoms with Crippen LogP contribution in [0.2, 0.25) is 0 Å². The van der Waals surface area contributed by atoms with Crippen LogP contribution in [0.4, 0.5) is 20.3 Å². The van der Waals surface area contributed by atoms with Gasteiger partial charge in [0, 0.05) is 12.1 Å². The molecule has 0 aliphatic rings. The zero-order valence-electron chi connectivity index (χ0n) is 11.4. The van der Waals surface area contributed by atoms with Crippen molar-refractivity contribution in [2.24, 2.45) is 0 Å². The topological polar surface area (TPSA) is 81.0 Å². The van der Waals surface area contributed by atoms with Gasteiger partial charge in [0.2, 0.25) is 5.82 Å². The third-order valence-corrected chi connectivity index (χ3v) is 2.88. The predicted molar refractivity (Wildman–Crippen MR) is 72.9 cm³/mol. The molecule has 8 heteroatoms. The van der Waals surface area contributed by atoms with Gasteiger partial charge in [-0.05, 0) is 25.5 Å². The van der Waals surface area contributed by atoms with Crippen LogP contribution in [0.3, 0.4) is 0 Å². The lowest BCUT2D eigenvalue weighted by molar-refractivity contribution is -0.383. The summed E-state index contributed by atoms with van der Waals surface area (Å²) >= 11 is 0. The van der Waals surface area contributed by atoms with E-state index < -0.39 is 22.2 Å². The first-order chi connectivity index (χ1) is 9.97. The number of rotatable bonds is 4. The molecule has 1 aromatic heterocycles. The Balaban J connectivity index is 2.72. The summed E-state index contributed by atoms with van der Waals surface area (Å²) in [6.07, 6.45) is 1.07. The van der Waals surface area contributed by atoms with Gasteiger partial charge in [0.1, 0.15) is 6.33 Å². The predicted octanol–water partition coefficient (Wildman–Crippen LogP) is 3.07. The standard InChI is InChI=1S/C13H12F2N4O2/c1-3-16-13-12(19(20)21)11(17-6-18-13)8-5-4-7(2)9(14)10(8)15/h4-6H,3H2,1-2H3,(H,16,17,18). The van der Waals surface area contributed by atoms with Crippen LogP contribution < -0.4 is 5.32 Å². The van der Waals surface area contributed by atoms with Crippen LogP contribution in [0.15, 0.2) is 18.5 Å². The number of benzene rings is 1. The van der Waals surface area contributed by atoms with Crippen molar-refractivity contribution >= 4 is 11.5 Å². The van der Waals surface area contributed by atoms with Gasteiger partial charge in [0.05, 0.1) is 4.92 Å². The molecule has 6 nitrogen and oxygen atoms in total. The molecule has 0 aliphatic carbocycles. The largest absolute Gasteiger partial charge is 0.365 e. The minimum Gasteiger partial charge on any atom is -0.365 e. The van der Waals surface area contributed by atoms with Crippen molar-refractivity contribution in [3.8, 4) is 11.3 Å². The van der Waals surface area contributed by atoms with Gasteiger partial charge < -0.3 is 5.32 Å². The first-order valence-electron chi connectivity index (χ1n) is 6.15. The molecule has 110 valence electrons. The minimum atomic E-state index is -1.17. The molecule has 0 saturated heterocycles. The Labute approximate surface area is 119 Å². The third-order valence-electron chi connectivity index (χ3n) is 2.88. The highest BCUT2D eigenvalue weighted by molar-refractivity contribution is 5.77. The number of aryl methyl sites for hydroxylation is 1. The van der Waals surface area contributed by atoms with Crippen molar-refractivity contribution in [2.45, 2.75) is 13.8 Å². The molecule has 0 fully saturated rings. The van der Waals surface area contributed by atoms with Crippen LogP contribution >= 0.6 is 0 Å². The first kappa shape index (κ1) is 14.8. The van der Waals surface area contributed by atoms with Gasteiger partial charge in [0.25, 0.3) is 0 Å². The molecule has 0 amide bonds. The maximum Gasteiger partial charge on any atom is 0.337 e. The number of nitro groups is 1. The second kappa shape index (κ2) is 5.78. The Bertz CT molecular complexity index is 707. The molecule has 1 N–H and O–H groups in total. The highest BCUT2D eigenvalue weighted by atomic mass is 19.2. The quantitative estimate of drug-likeness (QED) is 0.692. The van der Waals surface area contributed by atoms with Crippen molar-refractivity contribution in [3.63, 3.8) is 0 Å². The summed E-state index contributed by atoms with van der Waals surface area (Å²) in [5.74, 6) is -2.25. The molecular formula is C13H12F2N4O2. The molecular weight excluding hydrogens is 282 g/mol. The SMILES string of the molecule is CCNc1ncnc(-c2ccc(C)c(F)c2F)c1[N+](=O)[O-]. The number of hydrogen-bond acceptors (Lipinski definition) is 5. The number of nitrogens with zero attached hydrogens (tertiary/aromatic N) is 3. The van der Waals surface area contributed by atoms with E-state index in [2.05, 4.69) is 15.3 Å². The molecule has 0 atom stereocenters. The molecule has 0 radical (unpaired) electrons. The van der Waals surface area contributed by atoms with Crippen LogP contribution in [-0.2, 0) is 0 Å². The van der Waals surface area contributed by atoms with E-state index in [9.17, 15) is 18.9 Å². The van der Waals surface area contributed by atoms with E-state index in [0.717, 1.165) is 6.33 Å². The summed E-state index contributed by atoms with van der Waals surface area (Å²) in [4.78, 5) is 18.0. The van der Waals surface area contributed by atoms with Crippen molar-refractivity contribution < 1.29 is 13.7 Å². The van der Waals surface area contributed by atoms with E-state index in [1.807, 2.05) is 0 Å². The summed E-state index contributed by atoms with van der Waals surface area (Å²) < 4.78 is 27.7. The third kappa shape index (κ3) is 2.64. The fourth-order valence-corrected chi connectivity index (χ4v) is 1.87. The van der Waals surface area contributed by atoms with Crippen LogP contribution in [0, 0.1) is 28.7 Å². The summed E-state index contributed by atoms with van der Waals surface area (Å²) in [5.41, 5.74) is -0.907. The number of nitrogens with one attached hydrogen (secondary N) is 1. The molecule has 0 unspecified atom stereocenters. The van der Waals surface area contributed by atoms with Gasteiger partial charge in [-0.15, -0.1) is 0 Å². The maximum absolute atomic E-state index is 14.0. The monoisotopic (exact) mass is 294 g/mol. The van der Waals surface area contributed by atoms with E-state index >= 15 is 0 Å². The Hall–Kier alpha value is -2.64. The van der Waals surface area contributed by atoms with Gasteiger partial charge in [-0.3, -0.25) is 10.1 Å². The summed E-state index contributed by atoms with van der Waals surface area (Å²) in [6.45, 7) is 3.53. The highest BCUT2D eigenvalue weighted by Crippen LogP contribution is 2.35. The number of hydrogen-bond donors (Lipinski definition) is 1. The number of aromatic nitrogens is 2. The molecule has 0 aliphatic heterocycles. The zero-order chi connectivity index (χ0) is 15.6. The molecule has 2 aromatic rings. The fourth-order valence-electron chi connectivity index (χ4n) is 1.87. The molecule has 0 spiro atoms. The van der Waals surface area contributed by atoms with Crippen LogP contribution in [0.25, 0.3) is 11.3 Å². The maximum atomic E-state index is 14.0. The van der Waals surface area contributed by atoms with Gasteiger partial charge in [-0.25, -0.2) is 18.7 Å². The van der Waals surface area contributed by atoms with E-state index in [1.54, 1.807) is 6.92 Å². The molecule has 1 heterocycles. The fraction of sp³-hybridized carbons (Fsp3) is 0.231. The second-order valence-corrected chi connectivity index (χ2v) is 4.26. The van der Waals surface area contributed by atoms with E-state index in [1.165, 1.54) is 19.1 Å². The minimum absolute atomic E-state index is 0.0344. The smallest absolute Gasteiger partial charge is 0.337 e. The lowest BCUT2D eigenvalue weighted by Crippen LogP contribution is -2.07. The Morgan fingerprint density at radius 1 is 1.29 bits per heavy atom. The lowest BCUT2D eigenvalue weighted by atomic mass is 10.1. The molecule has 1 aromatic carbocycles. The van der Waals surface area contributed by atoms with Crippen molar-refractivity contribution in [1.82, 2.24) is 9.97 Å². The van der Waals surface area contributed by atoms with Crippen molar-refractivity contribution in [2.75, 3.05) is 11.9 Å². The Morgan fingerprint density at radius 3 is 2.62 bits per heavy atom. The van der Waals surface area contributed by atoms with Gasteiger partial charge >= 0.3 is 5.69 Å². The number of anilines is 1. The Kier molecular flexibility index (Phi) is 4.06. The van der Waals surface area contributed by atoms with E-state index in [0.29, 0.717) is 6.54 Å². The van der Waals surface area contributed by atoms with E-state index in [4.69, 9.17) is 0 Å². The zero-order valence-corrected chi connectivity index (χ0v) is 11.4. The summed E-state index contributed by atoms with van der Waals surface area (Å²) in [6, 6.07) is 2.60. The molecule has 0 saturated carbocycles. The summed E-state index contributed by atoms with van der Waals surface area (Å²) in [5, 5.41) is 13.9. The normalized spacial score (nSPS) is 10.5. The second-order valence-electron chi connectivity index (χ2n) is 4.26. The Morgan fingerprint density at radius 2 is 2.00 bits per heavy atom. The lowest BCUT2D eigenvalue weighted by Gasteiger charge is -2.09. The molecule has 21 heavy (non-hydrogen) atoms. The molecule has 2 rings (SSSR count). The van der Waals surface area contributed by atoms with Crippen molar-refractivity contribution in [1.29, 1.82) is 0 Å². The average molecular weight is 294 g/mol. The van der Waals surface area contributed by atoms with Crippen LogP contribution in [-0.4, -0.2) is 21.4 Å². The van der Waals surface area contributed by atoms with Gasteiger partial charge in [-0.2, -0.15) is 0 Å².